The van der Waals surface area contributed by atoms with E-state index >= 15 is 0 Å². The number of nitrogens with two attached hydrogens (primary N) is 1. The normalized spacial score (nSPS) is 11.8. The van der Waals surface area contributed by atoms with Gasteiger partial charge in [0.1, 0.15) is 11.9 Å². The van der Waals surface area contributed by atoms with Crippen molar-refractivity contribution in [2.45, 2.75) is 13.0 Å². The van der Waals surface area contributed by atoms with Gasteiger partial charge in [0.2, 0.25) is 0 Å². The smallest absolute Gasteiger partial charge is 0.273 e. The minimum atomic E-state index is -0.483. The van der Waals surface area contributed by atoms with Crippen molar-refractivity contribution in [3.05, 3.63) is 58.4 Å². The second kappa shape index (κ2) is 5.34. The van der Waals surface area contributed by atoms with E-state index in [9.17, 15) is 10.1 Å². The highest BCUT2D eigenvalue weighted by Gasteiger charge is 2.13. The summed E-state index contributed by atoms with van der Waals surface area (Å²) in [7, 11) is 0. The monoisotopic (exact) mass is 259 g/mol. The number of aromatic nitrogens is 1. The van der Waals surface area contributed by atoms with Crippen LogP contribution in [0.2, 0.25) is 0 Å². The molecule has 0 aliphatic carbocycles. The van der Waals surface area contributed by atoms with Crippen molar-refractivity contribution in [2.75, 3.05) is 5.73 Å². The Labute approximate surface area is 110 Å². The molecule has 0 fully saturated rings. The maximum absolute atomic E-state index is 10.7. The van der Waals surface area contributed by atoms with Crippen LogP contribution in [0.3, 0.4) is 0 Å². The number of nitro groups is 1. The number of non-ortho nitro benzene ring substituents is 1. The molecule has 1 aromatic carbocycles. The highest BCUT2D eigenvalue weighted by Crippen LogP contribution is 2.30. The van der Waals surface area contributed by atoms with Gasteiger partial charge in [-0.1, -0.05) is 0 Å². The summed E-state index contributed by atoms with van der Waals surface area (Å²) in [5.74, 6) is 0.304. The number of nitrogens with zero attached hydrogens (tertiary/aromatic N) is 2. The van der Waals surface area contributed by atoms with E-state index in [0.29, 0.717) is 11.4 Å². The number of anilines is 1. The van der Waals surface area contributed by atoms with Gasteiger partial charge in [0, 0.05) is 18.5 Å². The quantitative estimate of drug-likeness (QED) is 0.517. The molecule has 0 spiro atoms. The molecule has 0 radical (unpaired) electrons. The Morgan fingerprint density at radius 1 is 1.32 bits per heavy atom. The zero-order chi connectivity index (χ0) is 13.8. The second-order valence-corrected chi connectivity index (χ2v) is 4.02. The van der Waals surface area contributed by atoms with Gasteiger partial charge in [0.25, 0.3) is 5.69 Å². The van der Waals surface area contributed by atoms with E-state index in [0.717, 1.165) is 5.56 Å². The molecule has 1 unspecified atom stereocenters. The van der Waals surface area contributed by atoms with Crippen molar-refractivity contribution in [1.29, 1.82) is 0 Å². The third-order valence-corrected chi connectivity index (χ3v) is 2.69. The van der Waals surface area contributed by atoms with Crippen molar-refractivity contribution in [1.82, 2.24) is 4.98 Å². The Morgan fingerprint density at radius 2 is 2.00 bits per heavy atom. The van der Waals surface area contributed by atoms with Crippen LogP contribution in [-0.2, 0) is 0 Å². The van der Waals surface area contributed by atoms with Gasteiger partial charge in [-0.2, -0.15) is 0 Å². The minimum absolute atomic E-state index is 0.0499. The maximum atomic E-state index is 10.7. The van der Waals surface area contributed by atoms with Crippen molar-refractivity contribution in [3.63, 3.8) is 0 Å². The first-order valence-electron chi connectivity index (χ1n) is 5.68. The molecule has 0 amide bonds. The molecule has 0 saturated heterocycles. The molecule has 6 nitrogen and oxygen atoms in total. The summed E-state index contributed by atoms with van der Waals surface area (Å²) in [5.41, 5.74) is 6.99. The molecule has 1 atom stereocenters. The summed E-state index contributed by atoms with van der Waals surface area (Å²) in [6.07, 6.45) is 3.05. The molecule has 19 heavy (non-hydrogen) atoms. The molecule has 6 heteroatoms. The lowest BCUT2D eigenvalue weighted by molar-refractivity contribution is -0.384. The van der Waals surface area contributed by atoms with Gasteiger partial charge in [-0.25, -0.2) is 0 Å². The Balaban J connectivity index is 2.23. The lowest BCUT2D eigenvalue weighted by Crippen LogP contribution is -2.05. The van der Waals surface area contributed by atoms with Crippen molar-refractivity contribution >= 4 is 11.4 Å². The fourth-order valence-electron chi connectivity index (χ4n) is 1.63. The molecular weight excluding hydrogens is 246 g/mol. The zero-order valence-electron chi connectivity index (χ0n) is 10.3. The van der Waals surface area contributed by atoms with Crippen LogP contribution in [-0.4, -0.2) is 9.91 Å². The predicted molar refractivity (Wildman–Crippen MR) is 70.8 cm³/mol. The first-order chi connectivity index (χ1) is 9.08. The molecule has 2 rings (SSSR count). The van der Waals surface area contributed by atoms with Gasteiger partial charge in [0.15, 0.2) is 0 Å². The van der Waals surface area contributed by atoms with Gasteiger partial charge in [-0.15, -0.1) is 0 Å². The summed E-state index contributed by atoms with van der Waals surface area (Å²) >= 11 is 0. The topological polar surface area (TPSA) is 91.3 Å². The van der Waals surface area contributed by atoms with E-state index in [1.807, 2.05) is 19.1 Å². The third-order valence-electron chi connectivity index (χ3n) is 2.69. The number of ether oxygens (including phenoxy) is 1. The fourth-order valence-corrected chi connectivity index (χ4v) is 1.63. The van der Waals surface area contributed by atoms with Crippen molar-refractivity contribution in [2.24, 2.45) is 0 Å². The average molecular weight is 259 g/mol. The van der Waals surface area contributed by atoms with Gasteiger partial charge < -0.3 is 10.5 Å². The SMILES string of the molecule is CC(Oc1cc([N+](=O)[O-])ccc1N)c1ccncc1. The van der Waals surface area contributed by atoms with Crippen LogP contribution in [0.1, 0.15) is 18.6 Å². The van der Waals surface area contributed by atoms with Crippen LogP contribution in [0.25, 0.3) is 0 Å². The van der Waals surface area contributed by atoms with Crippen molar-refractivity contribution < 1.29 is 9.66 Å². The van der Waals surface area contributed by atoms with Gasteiger partial charge in [-0.05, 0) is 30.7 Å². The molecular formula is C13H13N3O3. The van der Waals surface area contributed by atoms with Crippen LogP contribution >= 0.6 is 0 Å². The van der Waals surface area contributed by atoms with Crippen LogP contribution in [0, 0.1) is 10.1 Å². The molecule has 98 valence electrons. The van der Waals surface area contributed by atoms with E-state index < -0.39 is 4.92 Å². The fraction of sp³-hybridized carbons (Fsp3) is 0.154. The van der Waals surface area contributed by atoms with Gasteiger partial charge >= 0.3 is 0 Å². The standard InChI is InChI=1S/C13H13N3O3/c1-9(10-4-6-15-7-5-10)19-13-8-11(16(17)18)2-3-12(13)14/h2-9H,14H2,1H3. The Hall–Kier alpha value is -2.63. The van der Waals surface area contributed by atoms with Crippen LogP contribution in [0.5, 0.6) is 5.75 Å². The summed E-state index contributed by atoms with van der Waals surface area (Å²) < 4.78 is 5.66. The summed E-state index contributed by atoms with van der Waals surface area (Å²) in [4.78, 5) is 14.2. The summed E-state index contributed by atoms with van der Waals surface area (Å²) in [6, 6.07) is 7.77. The molecule has 0 aliphatic rings. The molecule has 1 aromatic heterocycles. The van der Waals surface area contributed by atoms with E-state index in [4.69, 9.17) is 10.5 Å². The molecule has 0 aliphatic heterocycles. The second-order valence-electron chi connectivity index (χ2n) is 4.02. The van der Waals surface area contributed by atoms with E-state index in [2.05, 4.69) is 4.98 Å². The first kappa shape index (κ1) is 12.8. The summed E-state index contributed by atoms with van der Waals surface area (Å²) in [6.45, 7) is 1.84. The lowest BCUT2D eigenvalue weighted by atomic mass is 10.2. The van der Waals surface area contributed by atoms with E-state index in [1.54, 1.807) is 12.4 Å². The maximum Gasteiger partial charge on any atom is 0.273 e. The molecule has 2 N–H and O–H groups in total. The van der Waals surface area contributed by atoms with Gasteiger partial charge in [0.05, 0.1) is 16.7 Å². The first-order valence-corrected chi connectivity index (χ1v) is 5.68. The Morgan fingerprint density at radius 3 is 2.63 bits per heavy atom. The highest BCUT2D eigenvalue weighted by molar-refractivity contribution is 5.57. The van der Waals surface area contributed by atoms with Crippen LogP contribution in [0.4, 0.5) is 11.4 Å². The third kappa shape index (κ3) is 2.98. The number of hydrogen-bond acceptors (Lipinski definition) is 5. The zero-order valence-corrected chi connectivity index (χ0v) is 10.3. The number of nitro benzene ring substituents is 1. The van der Waals surface area contributed by atoms with Crippen LogP contribution < -0.4 is 10.5 Å². The van der Waals surface area contributed by atoms with E-state index in [-0.39, 0.29) is 11.8 Å². The Kier molecular flexibility index (Phi) is 3.61. The van der Waals surface area contributed by atoms with Gasteiger partial charge in [-0.3, -0.25) is 15.1 Å². The average Bonchev–Trinajstić information content (AvgIpc) is 2.42. The minimum Gasteiger partial charge on any atom is -0.484 e. The van der Waals surface area contributed by atoms with Crippen molar-refractivity contribution in [3.8, 4) is 5.75 Å². The number of benzene rings is 1. The predicted octanol–water partition coefficient (Wildman–Crippen LogP) is 2.71. The molecule has 0 bridgehead atoms. The molecule has 0 saturated carbocycles. The number of hydrogen-bond donors (Lipinski definition) is 1. The number of rotatable bonds is 4. The lowest BCUT2D eigenvalue weighted by Gasteiger charge is -2.16. The number of pyridine rings is 1. The summed E-state index contributed by atoms with van der Waals surface area (Å²) in [5, 5.41) is 10.7. The molecule has 1 heterocycles. The number of nitrogen functional groups attached to an aromatic ring is 1. The van der Waals surface area contributed by atoms with Crippen LogP contribution in [0.15, 0.2) is 42.7 Å². The highest BCUT2D eigenvalue weighted by atomic mass is 16.6. The van der Waals surface area contributed by atoms with E-state index in [1.165, 1.54) is 18.2 Å². The molecule has 2 aromatic rings. The Bertz CT molecular complexity index is 587. The largest absolute Gasteiger partial charge is 0.484 e.